The lowest BCUT2D eigenvalue weighted by molar-refractivity contribution is -0.384. The zero-order valence-electron chi connectivity index (χ0n) is 11.5. The SMILES string of the molecule is Cc1ccc([N+](=O)[O-])cc1C(=O)NCCCCCCI. The highest BCUT2D eigenvalue weighted by Gasteiger charge is 2.14. The first-order valence-electron chi connectivity index (χ1n) is 6.65. The molecule has 1 aromatic rings. The monoisotopic (exact) mass is 390 g/mol. The molecule has 1 amide bonds. The number of unbranched alkanes of at least 4 members (excludes halogenated alkanes) is 3. The Kier molecular flexibility index (Phi) is 7.50. The Bertz CT molecular complexity index is 477. The van der Waals surface area contributed by atoms with Crippen LogP contribution in [0, 0.1) is 17.0 Å². The van der Waals surface area contributed by atoms with Gasteiger partial charge in [-0.15, -0.1) is 0 Å². The number of carbonyl (C=O) groups excluding carboxylic acids is 1. The fourth-order valence-corrected chi connectivity index (χ4v) is 2.38. The maximum Gasteiger partial charge on any atom is 0.270 e. The number of nitrogens with one attached hydrogen (secondary N) is 1. The van der Waals surface area contributed by atoms with Gasteiger partial charge in [0.1, 0.15) is 0 Å². The minimum atomic E-state index is -0.486. The van der Waals surface area contributed by atoms with E-state index in [2.05, 4.69) is 27.9 Å². The van der Waals surface area contributed by atoms with Crippen molar-refractivity contribution in [3.63, 3.8) is 0 Å². The predicted molar refractivity (Wildman–Crippen MR) is 87.5 cm³/mol. The molecule has 0 fully saturated rings. The summed E-state index contributed by atoms with van der Waals surface area (Å²) in [7, 11) is 0. The third kappa shape index (κ3) is 5.44. The Balaban J connectivity index is 2.50. The van der Waals surface area contributed by atoms with E-state index < -0.39 is 4.92 Å². The molecule has 0 radical (unpaired) electrons. The molecule has 20 heavy (non-hydrogen) atoms. The van der Waals surface area contributed by atoms with Crippen LogP contribution in [0.3, 0.4) is 0 Å². The van der Waals surface area contributed by atoms with Crippen LogP contribution in [-0.2, 0) is 0 Å². The van der Waals surface area contributed by atoms with Gasteiger partial charge in [0, 0.05) is 24.2 Å². The van der Waals surface area contributed by atoms with Gasteiger partial charge in [-0.25, -0.2) is 0 Å². The molecule has 1 rings (SSSR count). The normalized spacial score (nSPS) is 10.3. The molecule has 0 saturated carbocycles. The van der Waals surface area contributed by atoms with Crippen LogP contribution in [-0.4, -0.2) is 21.8 Å². The standard InChI is InChI=1S/C14H19IN2O3/c1-11-6-7-12(17(19)20)10-13(11)14(18)16-9-5-3-2-4-8-15/h6-7,10H,2-5,8-9H2,1H3,(H,16,18). The fraction of sp³-hybridized carbons (Fsp3) is 0.500. The molecule has 6 heteroatoms. The number of hydrogen-bond donors (Lipinski definition) is 1. The third-order valence-electron chi connectivity index (χ3n) is 3.02. The van der Waals surface area contributed by atoms with Gasteiger partial charge in [-0.1, -0.05) is 41.5 Å². The largest absolute Gasteiger partial charge is 0.352 e. The van der Waals surface area contributed by atoms with Crippen LogP contribution in [0.4, 0.5) is 5.69 Å². The molecule has 0 heterocycles. The Hall–Kier alpha value is -1.18. The van der Waals surface area contributed by atoms with Crippen molar-refractivity contribution in [1.29, 1.82) is 0 Å². The molecule has 0 bridgehead atoms. The van der Waals surface area contributed by atoms with E-state index in [9.17, 15) is 14.9 Å². The average Bonchev–Trinajstić information content (AvgIpc) is 2.42. The first-order chi connectivity index (χ1) is 9.56. The summed E-state index contributed by atoms with van der Waals surface area (Å²) in [4.78, 5) is 22.2. The third-order valence-corrected chi connectivity index (χ3v) is 3.79. The molecule has 0 spiro atoms. The number of hydrogen-bond acceptors (Lipinski definition) is 3. The highest BCUT2D eigenvalue weighted by Crippen LogP contribution is 2.17. The van der Waals surface area contributed by atoms with Crippen molar-refractivity contribution in [1.82, 2.24) is 5.32 Å². The molecule has 110 valence electrons. The van der Waals surface area contributed by atoms with Crippen LogP contribution < -0.4 is 5.32 Å². The number of nitro groups is 1. The van der Waals surface area contributed by atoms with Crippen LogP contribution in [0.25, 0.3) is 0 Å². The van der Waals surface area contributed by atoms with Gasteiger partial charge < -0.3 is 5.32 Å². The topological polar surface area (TPSA) is 72.2 Å². The molecule has 0 saturated heterocycles. The lowest BCUT2D eigenvalue weighted by Gasteiger charge is -2.07. The molecular weight excluding hydrogens is 371 g/mol. The first kappa shape index (κ1) is 16.9. The zero-order valence-corrected chi connectivity index (χ0v) is 13.7. The molecule has 0 unspecified atom stereocenters. The average molecular weight is 390 g/mol. The summed E-state index contributed by atoms with van der Waals surface area (Å²) < 4.78 is 1.16. The maximum atomic E-state index is 12.0. The van der Waals surface area contributed by atoms with Crippen LogP contribution >= 0.6 is 22.6 Å². The van der Waals surface area contributed by atoms with Crippen LogP contribution in [0.5, 0.6) is 0 Å². The van der Waals surface area contributed by atoms with Crippen molar-refractivity contribution >= 4 is 34.2 Å². The van der Waals surface area contributed by atoms with Gasteiger partial charge in [-0.3, -0.25) is 14.9 Å². The molecular formula is C14H19IN2O3. The second-order valence-electron chi connectivity index (χ2n) is 4.62. The number of amides is 1. The van der Waals surface area contributed by atoms with Crippen molar-refractivity contribution in [3.05, 3.63) is 39.4 Å². The van der Waals surface area contributed by atoms with Gasteiger partial charge >= 0.3 is 0 Å². The van der Waals surface area contributed by atoms with Crippen LogP contribution in [0.15, 0.2) is 18.2 Å². The quantitative estimate of drug-likeness (QED) is 0.242. The summed E-state index contributed by atoms with van der Waals surface area (Å²) in [5, 5.41) is 13.5. The van der Waals surface area contributed by atoms with Gasteiger partial charge in [-0.05, 0) is 29.8 Å². The van der Waals surface area contributed by atoms with E-state index in [1.54, 1.807) is 13.0 Å². The van der Waals surface area contributed by atoms with Crippen molar-refractivity contribution in [2.75, 3.05) is 11.0 Å². The van der Waals surface area contributed by atoms with E-state index in [1.165, 1.54) is 25.0 Å². The molecule has 5 nitrogen and oxygen atoms in total. The lowest BCUT2D eigenvalue weighted by Crippen LogP contribution is -2.25. The van der Waals surface area contributed by atoms with Gasteiger partial charge in [0.25, 0.3) is 11.6 Å². The van der Waals surface area contributed by atoms with Gasteiger partial charge in [0.05, 0.1) is 4.92 Å². The number of alkyl halides is 1. The fourth-order valence-electron chi connectivity index (χ4n) is 1.84. The van der Waals surface area contributed by atoms with E-state index in [-0.39, 0.29) is 11.6 Å². The number of halogens is 1. The number of aryl methyl sites for hydroxylation is 1. The predicted octanol–water partition coefficient (Wildman–Crippen LogP) is 3.63. The Morgan fingerprint density at radius 1 is 1.30 bits per heavy atom. The molecule has 0 aliphatic carbocycles. The summed E-state index contributed by atoms with van der Waals surface area (Å²) in [6.07, 6.45) is 4.42. The lowest BCUT2D eigenvalue weighted by atomic mass is 10.1. The summed E-state index contributed by atoms with van der Waals surface area (Å²) in [6.45, 7) is 2.39. The zero-order chi connectivity index (χ0) is 15.0. The Labute approximate surface area is 132 Å². The number of rotatable bonds is 8. The first-order valence-corrected chi connectivity index (χ1v) is 8.18. The van der Waals surface area contributed by atoms with Crippen LogP contribution in [0.1, 0.15) is 41.6 Å². The highest BCUT2D eigenvalue weighted by molar-refractivity contribution is 14.1. The van der Waals surface area contributed by atoms with E-state index >= 15 is 0 Å². The van der Waals surface area contributed by atoms with Crippen molar-refractivity contribution < 1.29 is 9.72 Å². The smallest absolute Gasteiger partial charge is 0.270 e. The number of carbonyl (C=O) groups is 1. The van der Waals surface area contributed by atoms with Crippen LogP contribution in [0.2, 0.25) is 0 Å². The van der Waals surface area contributed by atoms with E-state index in [0.29, 0.717) is 12.1 Å². The van der Waals surface area contributed by atoms with E-state index in [1.807, 2.05) is 0 Å². The molecule has 0 aliphatic heterocycles. The highest BCUT2D eigenvalue weighted by atomic mass is 127. The summed E-state index contributed by atoms with van der Waals surface area (Å²) >= 11 is 2.35. The molecule has 1 aromatic carbocycles. The van der Waals surface area contributed by atoms with Gasteiger partial charge in [-0.2, -0.15) is 0 Å². The minimum Gasteiger partial charge on any atom is -0.352 e. The molecule has 0 aromatic heterocycles. The Morgan fingerprint density at radius 2 is 2.00 bits per heavy atom. The summed E-state index contributed by atoms with van der Waals surface area (Å²) in [5.74, 6) is -0.236. The number of benzene rings is 1. The molecule has 0 atom stereocenters. The second-order valence-corrected chi connectivity index (χ2v) is 5.69. The minimum absolute atomic E-state index is 0.0530. The van der Waals surface area contributed by atoms with Gasteiger partial charge in [0.2, 0.25) is 0 Å². The molecule has 0 aliphatic rings. The summed E-state index contributed by atoms with van der Waals surface area (Å²) in [5.41, 5.74) is 1.08. The van der Waals surface area contributed by atoms with Crippen molar-refractivity contribution in [2.24, 2.45) is 0 Å². The summed E-state index contributed by atoms with van der Waals surface area (Å²) in [6, 6.07) is 4.35. The van der Waals surface area contributed by atoms with Gasteiger partial charge in [0.15, 0.2) is 0 Å². The second kappa shape index (κ2) is 8.89. The molecule has 1 N–H and O–H groups in total. The number of nitrogens with zero attached hydrogens (tertiary/aromatic N) is 1. The maximum absolute atomic E-state index is 12.0. The number of nitro benzene ring substituents is 1. The van der Waals surface area contributed by atoms with Crippen molar-refractivity contribution in [3.8, 4) is 0 Å². The number of non-ortho nitro benzene ring substituents is 1. The Morgan fingerprint density at radius 3 is 2.65 bits per heavy atom. The van der Waals surface area contributed by atoms with E-state index in [0.717, 1.165) is 22.8 Å². The van der Waals surface area contributed by atoms with E-state index in [4.69, 9.17) is 0 Å². The van der Waals surface area contributed by atoms with Crippen molar-refractivity contribution in [2.45, 2.75) is 32.6 Å².